The number of hydrogen-bond donors (Lipinski definition) is 0. The van der Waals surface area contributed by atoms with Crippen molar-refractivity contribution in [3.63, 3.8) is 0 Å². The minimum absolute atomic E-state index is 0.00114. The van der Waals surface area contributed by atoms with Crippen LogP contribution in [0.5, 0.6) is 0 Å². The summed E-state index contributed by atoms with van der Waals surface area (Å²) in [6, 6.07) is 9.35. The van der Waals surface area contributed by atoms with E-state index in [0.29, 0.717) is 28.5 Å². The highest BCUT2D eigenvalue weighted by Crippen LogP contribution is 2.33. The first-order chi connectivity index (χ1) is 11.5. The number of carbonyl (C=O) groups excluding carboxylic acids is 2. The Morgan fingerprint density at radius 2 is 1.92 bits per heavy atom. The first kappa shape index (κ1) is 16.0. The van der Waals surface area contributed by atoms with Crippen LogP contribution in [0.3, 0.4) is 0 Å². The van der Waals surface area contributed by atoms with Crippen molar-refractivity contribution in [2.75, 3.05) is 6.54 Å². The quantitative estimate of drug-likeness (QED) is 0.474. The Labute approximate surface area is 141 Å². The molecule has 24 heavy (non-hydrogen) atoms. The summed E-state index contributed by atoms with van der Waals surface area (Å²) in [6.45, 7) is 2.06. The normalized spacial score (nSPS) is 16.2. The lowest BCUT2D eigenvalue weighted by atomic mass is 10.1. The van der Waals surface area contributed by atoms with Gasteiger partial charge in [-0.15, -0.1) is 0 Å². The Hall–Kier alpha value is -2.87. The summed E-state index contributed by atoms with van der Waals surface area (Å²) in [6.07, 6.45) is 1.52. The summed E-state index contributed by atoms with van der Waals surface area (Å²) in [5.74, 6) is 0.622. The molecule has 0 spiro atoms. The Morgan fingerprint density at radius 3 is 2.50 bits per heavy atom. The highest BCUT2D eigenvalue weighted by Gasteiger charge is 2.33. The molecule has 2 amide bonds. The van der Waals surface area contributed by atoms with E-state index in [0.717, 1.165) is 16.7 Å². The van der Waals surface area contributed by atoms with E-state index < -0.39 is 4.92 Å². The largest absolute Gasteiger partial charge is 0.457 e. The number of imide groups is 1. The molecule has 3 rings (SSSR count). The van der Waals surface area contributed by atoms with Crippen LogP contribution in [-0.2, 0) is 4.79 Å². The van der Waals surface area contributed by atoms with E-state index in [1.54, 1.807) is 31.2 Å². The topological polar surface area (TPSA) is 93.7 Å². The summed E-state index contributed by atoms with van der Waals surface area (Å²) >= 11 is 0.875. The van der Waals surface area contributed by atoms with E-state index >= 15 is 0 Å². The van der Waals surface area contributed by atoms with Crippen LogP contribution in [0.4, 0.5) is 10.5 Å². The van der Waals surface area contributed by atoms with Crippen LogP contribution in [-0.4, -0.2) is 27.5 Å². The van der Waals surface area contributed by atoms with Crippen LogP contribution in [0.25, 0.3) is 17.4 Å². The summed E-state index contributed by atoms with van der Waals surface area (Å²) in [4.78, 5) is 35.4. The number of furan rings is 1. The van der Waals surface area contributed by atoms with Crippen LogP contribution in [0.2, 0.25) is 0 Å². The van der Waals surface area contributed by atoms with Gasteiger partial charge in [-0.05, 0) is 43.0 Å². The molecule has 0 radical (unpaired) electrons. The lowest BCUT2D eigenvalue weighted by molar-refractivity contribution is -0.384. The SMILES string of the molecule is CCN1C(=O)SC(=Cc2ccc(-c3ccc([N+](=O)[O-])cc3)o2)C1=O. The molecule has 1 aromatic heterocycles. The minimum atomic E-state index is -0.471. The Morgan fingerprint density at radius 1 is 1.21 bits per heavy atom. The molecule has 0 bridgehead atoms. The second-order valence-electron chi connectivity index (χ2n) is 4.93. The molecule has 8 heteroatoms. The number of rotatable bonds is 4. The number of carbonyl (C=O) groups is 2. The molecule has 1 aliphatic heterocycles. The van der Waals surface area contributed by atoms with Gasteiger partial charge in [0.2, 0.25) is 0 Å². The van der Waals surface area contributed by atoms with Gasteiger partial charge in [0, 0.05) is 30.3 Å². The fourth-order valence-corrected chi connectivity index (χ4v) is 3.12. The van der Waals surface area contributed by atoms with E-state index in [4.69, 9.17) is 4.42 Å². The smallest absolute Gasteiger partial charge is 0.293 e. The zero-order valence-electron chi connectivity index (χ0n) is 12.6. The number of nitro benzene ring substituents is 1. The summed E-state index contributed by atoms with van der Waals surface area (Å²) in [7, 11) is 0. The highest BCUT2D eigenvalue weighted by atomic mass is 32.2. The zero-order valence-corrected chi connectivity index (χ0v) is 13.4. The predicted molar refractivity (Wildman–Crippen MR) is 89.1 cm³/mol. The monoisotopic (exact) mass is 344 g/mol. The average molecular weight is 344 g/mol. The maximum Gasteiger partial charge on any atom is 0.293 e. The fourth-order valence-electron chi connectivity index (χ4n) is 2.23. The minimum Gasteiger partial charge on any atom is -0.457 e. The van der Waals surface area contributed by atoms with Crippen molar-refractivity contribution in [3.8, 4) is 11.3 Å². The summed E-state index contributed by atoms with van der Waals surface area (Å²) in [5, 5.41) is 10.4. The van der Waals surface area contributed by atoms with Crippen molar-refractivity contribution in [1.29, 1.82) is 0 Å². The molecule has 7 nitrogen and oxygen atoms in total. The summed E-state index contributed by atoms with van der Waals surface area (Å²) < 4.78 is 5.64. The third-order valence-electron chi connectivity index (χ3n) is 3.45. The van der Waals surface area contributed by atoms with Gasteiger partial charge in [0.15, 0.2) is 0 Å². The number of amides is 2. The molecule has 2 aromatic rings. The zero-order chi connectivity index (χ0) is 17.3. The van der Waals surface area contributed by atoms with Crippen LogP contribution in [0.15, 0.2) is 45.7 Å². The molecule has 0 atom stereocenters. The number of nitrogens with zero attached hydrogens (tertiary/aromatic N) is 2. The van der Waals surface area contributed by atoms with E-state index in [-0.39, 0.29) is 16.8 Å². The maximum atomic E-state index is 12.0. The molecular weight excluding hydrogens is 332 g/mol. The van der Waals surface area contributed by atoms with Crippen molar-refractivity contribution in [3.05, 3.63) is 57.2 Å². The van der Waals surface area contributed by atoms with Gasteiger partial charge in [-0.1, -0.05) is 0 Å². The van der Waals surface area contributed by atoms with Crippen LogP contribution < -0.4 is 0 Å². The highest BCUT2D eigenvalue weighted by molar-refractivity contribution is 8.18. The maximum absolute atomic E-state index is 12.0. The molecule has 122 valence electrons. The van der Waals surface area contributed by atoms with Crippen LogP contribution >= 0.6 is 11.8 Å². The van der Waals surface area contributed by atoms with Gasteiger partial charge in [-0.2, -0.15) is 0 Å². The molecule has 0 aliphatic carbocycles. The number of non-ortho nitro benzene ring substituents is 1. The van der Waals surface area contributed by atoms with Crippen LogP contribution in [0, 0.1) is 10.1 Å². The number of thioether (sulfide) groups is 1. The molecule has 1 aromatic carbocycles. The van der Waals surface area contributed by atoms with Crippen molar-refractivity contribution < 1.29 is 18.9 Å². The molecule has 1 saturated heterocycles. The van der Waals surface area contributed by atoms with Crippen molar-refractivity contribution in [1.82, 2.24) is 4.90 Å². The van der Waals surface area contributed by atoms with Gasteiger partial charge in [-0.25, -0.2) is 0 Å². The van der Waals surface area contributed by atoms with Crippen molar-refractivity contribution >= 4 is 34.7 Å². The summed E-state index contributed by atoms with van der Waals surface area (Å²) in [5.41, 5.74) is 0.681. The van der Waals surface area contributed by atoms with E-state index in [1.807, 2.05) is 0 Å². The van der Waals surface area contributed by atoms with Crippen molar-refractivity contribution in [2.24, 2.45) is 0 Å². The predicted octanol–water partition coefficient (Wildman–Crippen LogP) is 3.91. The molecule has 0 saturated carbocycles. The number of hydrogen-bond acceptors (Lipinski definition) is 6. The first-order valence-electron chi connectivity index (χ1n) is 7.09. The number of benzene rings is 1. The van der Waals surface area contributed by atoms with Gasteiger partial charge in [0.05, 0.1) is 9.83 Å². The second kappa shape index (κ2) is 6.32. The Balaban J connectivity index is 1.83. The first-order valence-corrected chi connectivity index (χ1v) is 7.91. The second-order valence-corrected chi connectivity index (χ2v) is 5.93. The lowest BCUT2D eigenvalue weighted by Crippen LogP contribution is -2.27. The van der Waals surface area contributed by atoms with E-state index in [9.17, 15) is 19.7 Å². The molecule has 2 heterocycles. The number of nitro groups is 1. The molecule has 1 fully saturated rings. The Kier molecular flexibility index (Phi) is 4.22. The molecule has 0 unspecified atom stereocenters. The van der Waals surface area contributed by atoms with E-state index in [2.05, 4.69) is 0 Å². The van der Waals surface area contributed by atoms with Gasteiger partial charge >= 0.3 is 0 Å². The van der Waals surface area contributed by atoms with Gasteiger partial charge in [0.1, 0.15) is 11.5 Å². The van der Waals surface area contributed by atoms with Gasteiger partial charge in [-0.3, -0.25) is 24.6 Å². The fraction of sp³-hybridized carbons (Fsp3) is 0.125. The standard InChI is InChI=1S/C16H12N2O5S/c1-2-17-15(19)14(24-16(17)20)9-12-7-8-13(23-12)10-3-5-11(6-4-10)18(21)22/h3-9H,2H2,1H3. The van der Waals surface area contributed by atoms with Crippen LogP contribution in [0.1, 0.15) is 12.7 Å². The molecule has 0 N–H and O–H groups in total. The molecule has 1 aliphatic rings. The van der Waals surface area contributed by atoms with Gasteiger partial charge in [0.25, 0.3) is 16.8 Å². The van der Waals surface area contributed by atoms with Gasteiger partial charge < -0.3 is 4.42 Å². The average Bonchev–Trinajstić information content (AvgIpc) is 3.13. The number of likely N-dealkylation sites (N-methyl/N-ethyl adjacent to an activating group) is 1. The molecular formula is C16H12N2O5S. The lowest BCUT2D eigenvalue weighted by Gasteiger charge is -2.06. The third-order valence-corrected chi connectivity index (χ3v) is 4.36. The van der Waals surface area contributed by atoms with E-state index in [1.165, 1.54) is 18.2 Å². The Bertz CT molecular complexity index is 854. The van der Waals surface area contributed by atoms with Crippen molar-refractivity contribution in [2.45, 2.75) is 6.92 Å². The third kappa shape index (κ3) is 2.95.